The zero-order valence-electron chi connectivity index (χ0n) is 12.3. The SMILES string of the molecule is CCCNC(c1ccc(C)c(C)c1)c1ncccc1Br. The topological polar surface area (TPSA) is 24.9 Å². The van der Waals surface area contributed by atoms with Gasteiger partial charge in [-0.1, -0.05) is 25.1 Å². The first-order valence-corrected chi connectivity index (χ1v) is 7.83. The van der Waals surface area contributed by atoms with Gasteiger partial charge in [0, 0.05) is 10.7 Å². The number of benzene rings is 1. The van der Waals surface area contributed by atoms with E-state index in [-0.39, 0.29) is 6.04 Å². The lowest BCUT2D eigenvalue weighted by molar-refractivity contribution is 0.584. The molecule has 0 spiro atoms. The maximum absolute atomic E-state index is 4.55. The summed E-state index contributed by atoms with van der Waals surface area (Å²) in [4.78, 5) is 4.55. The lowest BCUT2D eigenvalue weighted by atomic mass is 9.98. The Morgan fingerprint density at radius 2 is 2.00 bits per heavy atom. The number of rotatable bonds is 5. The third-order valence-corrected chi connectivity index (χ3v) is 4.19. The van der Waals surface area contributed by atoms with Gasteiger partial charge in [-0.3, -0.25) is 4.98 Å². The number of pyridine rings is 1. The van der Waals surface area contributed by atoms with E-state index in [1.165, 1.54) is 16.7 Å². The van der Waals surface area contributed by atoms with E-state index in [2.05, 4.69) is 65.2 Å². The Bertz CT molecular complexity index is 581. The van der Waals surface area contributed by atoms with Gasteiger partial charge in [0.05, 0.1) is 11.7 Å². The third kappa shape index (κ3) is 3.47. The second-order valence-corrected chi connectivity index (χ2v) is 5.96. The van der Waals surface area contributed by atoms with Crippen LogP contribution in [0.5, 0.6) is 0 Å². The number of nitrogens with zero attached hydrogens (tertiary/aromatic N) is 1. The standard InChI is InChI=1S/C17H21BrN2/c1-4-9-19-16(17-15(18)6-5-10-20-17)14-8-7-12(2)13(3)11-14/h5-8,10-11,16,19H,4,9H2,1-3H3. The Balaban J connectivity index is 2.41. The molecule has 0 aliphatic heterocycles. The van der Waals surface area contributed by atoms with Gasteiger partial charge in [0.2, 0.25) is 0 Å². The summed E-state index contributed by atoms with van der Waals surface area (Å²) in [6.45, 7) is 7.45. The van der Waals surface area contributed by atoms with Crippen LogP contribution < -0.4 is 5.32 Å². The molecule has 2 aromatic rings. The predicted octanol–water partition coefficient (Wildman–Crippen LogP) is 4.55. The minimum atomic E-state index is 0.129. The fraction of sp³-hybridized carbons (Fsp3) is 0.353. The lowest BCUT2D eigenvalue weighted by Crippen LogP contribution is -2.24. The summed E-state index contributed by atoms with van der Waals surface area (Å²) < 4.78 is 1.05. The molecule has 0 fully saturated rings. The van der Waals surface area contributed by atoms with Gasteiger partial charge in [-0.2, -0.15) is 0 Å². The first-order chi connectivity index (χ1) is 9.63. The van der Waals surface area contributed by atoms with Crippen LogP contribution in [0.2, 0.25) is 0 Å². The summed E-state index contributed by atoms with van der Waals surface area (Å²) in [5.74, 6) is 0. The van der Waals surface area contributed by atoms with Crippen LogP contribution in [0.3, 0.4) is 0 Å². The van der Waals surface area contributed by atoms with Gasteiger partial charge >= 0.3 is 0 Å². The normalized spacial score (nSPS) is 12.4. The average Bonchev–Trinajstić information content (AvgIpc) is 2.44. The van der Waals surface area contributed by atoms with Crippen LogP contribution in [0.15, 0.2) is 41.0 Å². The Kier molecular flexibility index (Phi) is 5.32. The van der Waals surface area contributed by atoms with Gasteiger partial charge in [0.15, 0.2) is 0 Å². The van der Waals surface area contributed by atoms with Crippen molar-refractivity contribution in [3.05, 3.63) is 63.4 Å². The van der Waals surface area contributed by atoms with Crippen LogP contribution >= 0.6 is 15.9 Å². The van der Waals surface area contributed by atoms with E-state index in [4.69, 9.17) is 0 Å². The van der Waals surface area contributed by atoms with Gasteiger partial charge in [0.25, 0.3) is 0 Å². The average molecular weight is 333 g/mol. The van der Waals surface area contributed by atoms with E-state index in [0.717, 1.165) is 23.1 Å². The summed E-state index contributed by atoms with van der Waals surface area (Å²) in [5, 5.41) is 3.60. The molecule has 2 rings (SSSR count). The van der Waals surface area contributed by atoms with Crippen LogP contribution in [0, 0.1) is 13.8 Å². The van der Waals surface area contributed by atoms with Gasteiger partial charge in [-0.05, 0) is 71.6 Å². The van der Waals surface area contributed by atoms with E-state index < -0.39 is 0 Å². The molecular formula is C17H21BrN2. The predicted molar refractivity (Wildman–Crippen MR) is 88.0 cm³/mol. The van der Waals surface area contributed by atoms with Crippen molar-refractivity contribution in [3.8, 4) is 0 Å². The molecule has 0 saturated heterocycles. The molecule has 0 aliphatic carbocycles. The molecule has 0 radical (unpaired) electrons. The van der Waals surface area contributed by atoms with Crippen molar-refractivity contribution >= 4 is 15.9 Å². The molecule has 1 N–H and O–H groups in total. The van der Waals surface area contributed by atoms with Crippen molar-refractivity contribution in [2.24, 2.45) is 0 Å². The fourth-order valence-electron chi connectivity index (χ4n) is 2.22. The number of halogens is 1. The second kappa shape index (κ2) is 7.00. The Morgan fingerprint density at radius 1 is 1.20 bits per heavy atom. The van der Waals surface area contributed by atoms with E-state index in [9.17, 15) is 0 Å². The molecule has 0 aliphatic rings. The molecule has 1 atom stereocenters. The molecule has 3 heteroatoms. The zero-order chi connectivity index (χ0) is 14.5. The molecule has 0 amide bonds. The van der Waals surface area contributed by atoms with Gasteiger partial charge in [-0.15, -0.1) is 0 Å². The Labute approximate surface area is 129 Å². The molecule has 2 nitrogen and oxygen atoms in total. The van der Waals surface area contributed by atoms with Gasteiger partial charge < -0.3 is 5.32 Å². The number of hydrogen-bond donors (Lipinski definition) is 1. The van der Waals surface area contributed by atoms with Gasteiger partial charge in [0.1, 0.15) is 0 Å². The van der Waals surface area contributed by atoms with Crippen molar-refractivity contribution < 1.29 is 0 Å². The number of aromatic nitrogens is 1. The van der Waals surface area contributed by atoms with Gasteiger partial charge in [-0.25, -0.2) is 0 Å². The Morgan fingerprint density at radius 3 is 2.65 bits per heavy atom. The number of aryl methyl sites for hydroxylation is 2. The smallest absolute Gasteiger partial charge is 0.0763 e. The molecule has 20 heavy (non-hydrogen) atoms. The van der Waals surface area contributed by atoms with Crippen LogP contribution in [0.4, 0.5) is 0 Å². The molecule has 0 saturated carbocycles. The fourth-order valence-corrected chi connectivity index (χ4v) is 2.70. The minimum absolute atomic E-state index is 0.129. The van der Waals surface area contributed by atoms with Crippen LogP contribution in [0.1, 0.15) is 41.8 Å². The van der Waals surface area contributed by atoms with E-state index in [1.54, 1.807) is 0 Å². The first kappa shape index (κ1) is 15.2. The van der Waals surface area contributed by atoms with E-state index >= 15 is 0 Å². The highest BCUT2D eigenvalue weighted by atomic mass is 79.9. The monoisotopic (exact) mass is 332 g/mol. The first-order valence-electron chi connectivity index (χ1n) is 7.04. The molecule has 1 aromatic heterocycles. The summed E-state index contributed by atoms with van der Waals surface area (Å²) in [5.41, 5.74) is 4.95. The largest absolute Gasteiger partial charge is 0.305 e. The van der Waals surface area contributed by atoms with Crippen molar-refractivity contribution in [1.82, 2.24) is 10.3 Å². The quantitative estimate of drug-likeness (QED) is 0.868. The molecular weight excluding hydrogens is 312 g/mol. The summed E-state index contributed by atoms with van der Waals surface area (Å²) >= 11 is 3.62. The highest BCUT2D eigenvalue weighted by Crippen LogP contribution is 2.27. The minimum Gasteiger partial charge on any atom is -0.305 e. The summed E-state index contributed by atoms with van der Waals surface area (Å²) in [6.07, 6.45) is 2.95. The summed E-state index contributed by atoms with van der Waals surface area (Å²) in [7, 11) is 0. The molecule has 1 heterocycles. The summed E-state index contributed by atoms with van der Waals surface area (Å²) in [6, 6.07) is 10.8. The number of hydrogen-bond acceptors (Lipinski definition) is 2. The Hall–Kier alpha value is -1.19. The molecule has 0 bridgehead atoms. The molecule has 1 aromatic carbocycles. The maximum Gasteiger partial charge on any atom is 0.0763 e. The van der Waals surface area contributed by atoms with E-state index in [1.807, 2.05) is 18.3 Å². The maximum atomic E-state index is 4.55. The molecule has 106 valence electrons. The molecule has 1 unspecified atom stereocenters. The van der Waals surface area contributed by atoms with Crippen molar-refractivity contribution in [2.75, 3.05) is 6.54 Å². The van der Waals surface area contributed by atoms with Crippen molar-refractivity contribution in [2.45, 2.75) is 33.2 Å². The van der Waals surface area contributed by atoms with Crippen molar-refractivity contribution in [1.29, 1.82) is 0 Å². The third-order valence-electron chi connectivity index (χ3n) is 3.52. The van der Waals surface area contributed by atoms with E-state index in [0.29, 0.717) is 0 Å². The van der Waals surface area contributed by atoms with Crippen molar-refractivity contribution in [3.63, 3.8) is 0 Å². The number of nitrogens with one attached hydrogen (secondary N) is 1. The van der Waals surface area contributed by atoms with Crippen LogP contribution in [-0.4, -0.2) is 11.5 Å². The van der Waals surface area contributed by atoms with Crippen LogP contribution in [0.25, 0.3) is 0 Å². The highest BCUT2D eigenvalue weighted by Gasteiger charge is 2.17. The highest BCUT2D eigenvalue weighted by molar-refractivity contribution is 9.10. The lowest BCUT2D eigenvalue weighted by Gasteiger charge is -2.20. The zero-order valence-corrected chi connectivity index (χ0v) is 13.9. The van der Waals surface area contributed by atoms with Crippen LogP contribution in [-0.2, 0) is 0 Å². The second-order valence-electron chi connectivity index (χ2n) is 5.10.